The fourth-order valence-corrected chi connectivity index (χ4v) is 6.44. The minimum atomic E-state index is -4.19. The van der Waals surface area contributed by atoms with Gasteiger partial charge < -0.3 is 14.0 Å². The average Bonchev–Trinajstić information content (AvgIpc) is 3.50. The summed E-state index contributed by atoms with van der Waals surface area (Å²) in [5.74, 6) is 5.89. The highest BCUT2D eigenvalue weighted by Gasteiger charge is 2.28. The topological polar surface area (TPSA) is 114 Å². The van der Waals surface area contributed by atoms with Gasteiger partial charge in [0.05, 0.1) is 25.7 Å². The molecule has 0 amide bonds. The van der Waals surface area contributed by atoms with Crippen molar-refractivity contribution in [2.75, 3.05) is 19.8 Å². The second-order valence-electron chi connectivity index (χ2n) is 10.8. The summed E-state index contributed by atoms with van der Waals surface area (Å²) in [6.45, 7) is 3.58. The zero-order chi connectivity index (χ0) is 30.1. The maximum Gasteiger partial charge on any atom is 0.357 e. The van der Waals surface area contributed by atoms with E-state index >= 15 is 0 Å². The molecule has 1 saturated heterocycles. The summed E-state index contributed by atoms with van der Waals surface area (Å²) in [6.07, 6.45) is 3.00. The Labute approximate surface area is 253 Å². The zero-order valence-electron chi connectivity index (χ0n) is 23.5. The van der Waals surface area contributed by atoms with Crippen LogP contribution in [0.25, 0.3) is 21.8 Å². The molecular weight excluding hydrogens is 590 g/mol. The van der Waals surface area contributed by atoms with Crippen molar-refractivity contribution in [2.45, 2.75) is 37.6 Å². The van der Waals surface area contributed by atoms with Crippen molar-refractivity contribution in [3.8, 4) is 33.7 Å². The molecule has 2 N–H and O–H groups in total. The summed E-state index contributed by atoms with van der Waals surface area (Å²) in [7, 11) is -4.19. The molecule has 222 valence electrons. The van der Waals surface area contributed by atoms with Crippen LogP contribution in [0.2, 0.25) is 0 Å². The van der Waals surface area contributed by atoms with Gasteiger partial charge in [-0.25, -0.2) is 27.7 Å². The summed E-state index contributed by atoms with van der Waals surface area (Å²) in [4.78, 5) is 16.5. The third-order valence-electron chi connectivity index (χ3n) is 7.47. The minimum absolute atomic E-state index is 0.234. The van der Waals surface area contributed by atoms with Crippen LogP contribution in [-0.4, -0.2) is 43.8 Å². The summed E-state index contributed by atoms with van der Waals surface area (Å²) >= 11 is 1.37. The largest absolute Gasteiger partial charge is 0.461 e. The Kier molecular flexibility index (Phi) is 8.20. The second kappa shape index (κ2) is 12.1. The maximum absolute atomic E-state index is 14.9. The molecule has 0 atom stereocenters. The Balaban J connectivity index is 1.47. The number of thiazole rings is 1. The summed E-state index contributed by atoms with van der Waals surface area (Å²) in [5.41, 5.74) is 5.41. The molecule has 1 aliphatic heterocycles. The lowest BCUT2D eigenvalue weighted by Gasteiger charge is -2.20. The highest BCUT2D eigenvalue weighted by Crippen LogP contribution is 2.41. The first-order chi connectivity index (χ1) is 20.7. The van der Waals surface area contributed by atoms with E-state index in [2.05, 4.69) is 27.5 Å². The molecule has 1 aliphatic carbocycles. The number of nitrogens with zero attached hydrogens (tertiary/aromatic N) is 2. The third kappa shape index (κ3) is 6.58. The van der Waals surface area contributed by atoms with Gasteiger partial charge in [-0.1, -0.05) is 30.0 Å². The van der Waals surface area contributed by atoms with Crippen LogP contribution in [0.4, 0.5) is 4.39 Å². The summed E-state index contributed by atoms with van der Waals surface area (Å²) < 4.78 is 51.1. The first kappa shape index (κ1) is 29.3. The number of hydrogen-bond donors (Lipinski definition) is 1. The normalized spacial score (nSPS) is 15.0. The predicted octanol–water partition coefficient (Wildman–Crippen LogP) is 5.24. The first-order valence-electron chi connectivity index (χ1n) is 14.1. The van der Waals surface area contributed by atoms with Gasteiger partial charge in [0.2, 0.25) is 10.0 Å². The number of benzene rings is 2. The van der Waals surface area contributed by atoms with E-state index < -0.39 is 26.7 Å². The Morgan fingerprint density at radius 1 is 1.21 bits per heavy atom. The molecule has 0 unspecified atom stereocenters. The van der Waals surface area contributed by atoms with E-state index in [1.54, 1.807) is 18.4 Å². The quantitative estimate of drug-likeness (QED) is 0.203. The fraction of sp³-hybridized carbons (Fsp3) is 0.312. The molecule has 2 fully saturated rings. The number of aromatic nitrogens is 2. The van der Waals surface area contributed by atoms with E-state index in [1.807, 2.05) is 24.3 Å². The number of carbonyl (C=O) groups excluding carboxylic acids is 1. The highest BCUT2D eigenvalue weighted by atomic mass is 32.2. The van der Waals surface area contributed by atoms with Crippen molar-refractivity contribution >= 4 is 27.3 Å². The van der Waals surface area contributed by atoms with Crippen LogP contribution in [-0.2, 0) is 32.5 Å². The standard InChI is InChI=1S/C32H30FN3O5S2/c1-2-41-32(37)27-19-42-31(35-27)25-15-28(24-5-3-4-20(12-24)8-9-23-17-40-18-23)36(29(25)14-21-6-7-21)16-22-10-11-30(26(33)13-22)43(34,38)39/h3-5,10-13,15,19,21,23H,2,6-7,14,16-18H2,1H3,(H2,34,38,39). The molecular formula is C32H30FN3O5S2. The molecule has 11 heteroatoms. The molecule has 3 heterocycles. The van der Waals surface area contributed by atoms with Crippen molar-refractivity contribution in [2.24, 2.45) is 17.0 Å². The molecule has 0 bridgehead atoms. The van der Waals surface area contributed by atoms with E-state index in [-0.39, 0.29) is 24.8 Å². The Bertz CT molecular complexity index is 1860. The van der Waals surface area contributed by atoms with Crippen molar-refractivity contribution < 1.29 is 27.1 Å². The van der Waals surface area contributed by atoms with Gasteiger partial charge in [0, 0.05) is 34.4 Å². The second-order valence-corrected chi connectivity index (χ2v) is 13.2. The van der Waals surface area contributed by atoms with Gasteiger partial charge in [-0.3, -0.25) is 0 Å². The lowest BCUT2D eigenvalue weighted by molar-refractivity contribution is -0.00300. The van der Waals surface area contributed by atoms with Crippen molar-refractivity contribution in [1.82, 2.24) is 9.55 Å². The number of sulfonamides is 1. The van der Waals surface area contributed by atoms with E-state index in [9.17, 15) is 17.6 Å². The molecule has 0 spiro atoms. The zero-order valence-corrected chi connectivity index (χ0v) is 25.1. The number of carbonyl (C=O) groups is 1. The number of rotatable bonds is 9. The molecule has 4 aromatic rings. The van der Waals surface area contributed by atoms with Gasteiger partial charge in [-0.2, -0.15) is 0 Å². The predicted molar refractivity (Wildman–Crippen MR) is 161 cm³/mol. The van der Waals surface area contributed by atoms with E-state index in [0.29, 0.717) is 29.7 Å². The average molecular weight is 620 g/mol. The molecule has 2 aromatic carbocycles. The molecule has 1 saturated carbocycles. The van der Waals surface area contributed by atoms with Crippen LogP contribution in [0.5, 0.6) is 0 Å². The van der Waals surface area contributed by atoms with Crippen LogP contribution < -0.4 is 5.14 Å². The first-order valence-corrected chi connectivity index (χ1v) is 16.5. The van der Waals surface area contributed by atoms with E-state index in [0.717, 1.165) is 47.3 Å². The van der Waals surface area contributed by atoms with Crippen LogP contribution in [0.15, 0.2) is 58.8 Å². The summed E-state index contributed by atoms with van der Waals surface area (Å²) in [5, 5.41) is 7.59. The molecule has 2 aliphatic rings. The van der Waals surface area contributed by atoms with Crippen LogP contribution >= 0.6 is 11.3 Å². The Hall–Kier alpha value is -3.82. The molecule has 8 nitrogen and oxygen atoms in total. The van der Waals surface area contributed by atoms with Crippen molar-refractivity contribution in [3.05, 3.63) is 82.2 Å². The van der Waals surface area contributed by atoms with Gasteiger partial charge in [-0.15, -0.1) is 11.3 Å². The number of esters is 1. The van der Waals surface area contributed by atoms with Crippen molar-refractivity contribution in [1.29, 1.82) is 0 Å². The molecule has 0 radical (unpaired) electrons. The monoisotopic (exact) mass is 619 g/mol. The van der Waals surface area contributed by atoms with Crippen LogP contribution in [0, 0.1) is 29.5 Å². The van der Waals surface area contributed by atoms with Gasteiger partial charge in [0.25, 0.3) is 0 Å². The van der Waals surface area contributed by atoms with Crippen LogP contribution in [0.1, 0.15) is 47.1 Å². The maximum atomic E-state index is 14.9. The van der Waals surface area contributed by atoms with Gasteiger partial charge in [0.1, 0.15) is 15.7 Å². The number of ether oxygens (including phenoxy) is 2. The molecule has 2 aromatic heterocycles. The number of primary sulfonamides is 1. The van der Waals surface area contributed by atoms with E-state index in [4.69, 9.17) is 14.6 Å². The molecule has 43 heavy (non-hydrogen) atoms. The fourth-order valence-electron chi connectivity index (χ4n) is 5.02. The smallest absolute Gasteiger partial charge is 0.357 e. The third-order valence-corrected chi connectivity index (χ3v) is 9.29. The SMILES string of the molecule is CCOC(=O)c1csc(-c2cc(-c3cccc(C#CC4COC4)c3)n(Cc3ccc(S(N)(=O)=O)c(F)c3)c2CC2CC2)n1. The Morgan fingerprint density at radius 2 is 2.02 bits per heavy atom. The lowest BCUT2D eigenvalue weighted by atomic mass is 10.1. The molecule has 6 rings (SSSR count). The van der Waals surface area contributed by atoms with Crippen LogP contribution in [0.3, 0.4) is 0 Å². The lowest BCUT2D eigenvalue weighted by Crippen LogP contribution is -2.25. The number of nitrogens with two attached hydrogens (primary N) is 1. The van der Waals surface area contributed by atoms with Gasteiger partial charge >= 0.3 is 5.97 Å². The van der Waals surface area contributed by atoms with Gasteiger partial charge in [0.15, 0.2) is 5.69 Å². The van der Waals surface area contributed by atoms with Gasteiger partial charge in [-0.05, 0) is 73.6 Å². The number of halogens is 1. The highest BCUT2D eigenvalue weighted by molar-refractivity contribution is 7.89. The summed E-state index contributed by atoms with van der Waals surface area (Å²) in [6, 6.07) is 14.0. The van der Waals surface area contributed by atoms with E-state index in [1.165, 1.54) is 23.5 Å². The Morgan fingerprint density at radius 3 is 2.70 bits per heavy atom. The minimum Gasteiger partial charge on any atom is -0.461 e. The van der Waals surface area contributed by atoms with Crippen molar-refractivity contribution in [3.63, 3.8) is 0 Å². The number of hydrogen-bond acceptors (Lipinski definition) is 7.